The Morgan fingerprint density at radius 3 is 2.73 bits per heavy atom. The van der Waals surface area contributed by atoms with E-state index >= 15 is 4.39 Å². The second kappa shape index (κ2) is 9.59. The highest BCUT2D eigenvalue weighted by atomic mass is 19.1. The van der Waals surface area contributed by atoms with Gasteiger partial charge in [0.05, 0.1) is 36.3 Å². The summed E-state index contributed by atoms with van der Waals surface area (Å²) in [5, 5.41) is 10.6. The van der Waals surface area contributed by atoms with Gasteiger partial charge in [0.15, 0.2) is 11.6 Å². The van der Waals surface area contributed by atoms with Crippen molar-refractivity contribution in [1.82, 2.24) is 30.1 Å². The van der Waals surface area contributed by atoms with Gasteiger partial charge >= 0.3 is 0 Å². The van der Waals surface area contributed by atoms with Crippen LogP contribution in [0.5, 0.6) is 0 Å². The number of aromatic amines is 2. The molecule has 2 aromatic carbocycles. The number of furan rings is 1. The third kappa shape index (κ3) is 4.27. The summed E-state index contributed by atoms with van der Waals surface area (Å²) in [4.78, 5) is 29.3. The van der Waals surface area contributed by atoms with E-state index in [9.17, 15) is 4.79 Å². The van der Waals surface area contributed by atoms with Crippen molar-refractivity contribution in [2.45, 2.75) is 6.42 Å². The number of carbonyl (C=O) groups is 1. The second-order valence-electron chi connectivity index (χ2n) is 9.28. The van der Waals surface area contributed by atoms with Crippen molar-refractivity contribution in [3.05, 3.63) is 103 Å². The molecule has 0 radical (unpaired) electrons. The Morgan fingerprint density at radius 1 is 0.975 bits per heavy atom. The molecule has 0 aliphatic rings. The molecule has 10 heteroatoms. The Hall–Kier alpha value is -5.64. The molecule has 0 saturated carbocycles. The van der Waals surface area contributed by atoms with E-state index in [1.165, 1.54) is 6.07 Å². The Morgan fingerprint density at radius 2 is 1.88 bits per heavy atom. The number of anilines is 1. The Kier molecular flexibility index (Phi) is 5.63. The van der Waals surface area contributed by atoms with Crippen molar-refractivity contribution in [3.63, 3.8) is 0 Å². The molecule has 7 aromatic rings. The minimum absolute atomic E-state index is 0.168. The van der Waals surface area contributed by atoms with E-state index in [1.807, 2.05) is 48.5 Å². The zero-order chi connectivity index (χ0) is 27.1. The smallest absolute Gasteiger partial charge is 0.228 e. The highest BCUT2D eigenvalue weighted by Gasteiger charge is 2.19. The minimum Gasteiger partial charge on any atom is -0.472 e. The predicted molar refractivity (Wildman–Crippen MR) is 149 cm³/mol. The minimum atomic E-state index is -0.495. The Labute approximate surface area is 226 Å². The first-order chi connectivity index (χ1) is 19.6. The van der Waals surface area contributed by atoms with Crippen LogP contribution in [0.1, 0.15) is 5.56 Å². The standard InChI is InChI=1S/C30H20FN7O2/c31-23-13-19(20-11-21(15-32-14-20)34-25(39)10-17-4-2-1-3-5-17)12-22-27(23)37-38-28(22)30-35-24-6-8-33-26(29(24)36-30)18-7-9-40-16-18/h1-9,11-16H,10H2,(H,34,39)(H,35,36)(H,37,38). The van der Waals surface area contributed by atoms with E-state index in [-0.39, 0.29) is 17.8 Å². The van der Waals surface area contributed by atoms with Gasteiger partial charge in [0, 0.05) is 28.9 Å². The van der Waals surface area contributed by atoms with Crippen LogP contribution < -0.4 is 5.32 Å². The molecule has 0 unspecified atom stereocenters. The van der Waals surface area contributed by atoms with E-state index < -0.39 is 5.82 Å². The number of hydrogen-bond acceptors (Lipinski definition) is 6. The highest BCUT2D eigenvalue weighted by Crippen LogP contribution is 2.34. The predicted octanol–water partition coefficient (Wildman–Crippen LogP) is 6.14. The first-order valence-corrected chi connectivity index (χ1v) is 12.5. The zero-order valence-corrected chi connectivity index (χ0v) is 20.9. The van der Waals surface area contributed by atoms with Crippen LogP contribution in [0.2, 0.25) is 0 Å². The highest BCUT2D eigenvalue weighted by molar-refractivity contribution is 5.98. The summed E-state index contributed by atoms with van der Waals surface area (Å²) in [6.07, 6.45) is 8.29. The molecule has 3 N–H and O–H groups in total. The van der Waals surface area contributed by atoms with Crippen molar-refractivity contribution in [3.8, 4) is 33.9 Å². The average molecular weight is 530 g/mol. The summed E-state index contributed by atoms with van der Waals surface area (Å²) in [6.45, 7) is 0. The normalized spacial score (nSPS) is 11.3. The number of fused-ring (bicyclic) bond motifs is 2. The number of hydrogen-bond donors (Lipinski definition) is 3. The SMILES string of the molecule is O=C(Cc1ccccc1)Nc1cncc(-c2cc(F)c3n[nH]c(-c4nc5c(-c6ccoc6)nccc5[nH]4)c3c2)c1. The molecule has 0 bridgehead atoms. The fraction of sp³-hybridized carbons (Fsp3) is 0.0333. The Bertz CT molecular complexity index is 2000. The maximum absolute atomic E-state index is 15.2. The number of carbonyl (C=O) groups excluding carboxylic acids is 1. The molecule has 0 atom stereocenters. The summed E-state index contributed by atoms with van der Waals surface area (Å²) in [5.41, 5.74) is 6.25. The van der Waals surface area contributed by atoms with E-state index in [4.69, 9.17) is 9.40 Å². The van der Waals surface area contributed by atoms with Gasteiger partial charge in [-0.1, -0.05) is 30.3 Å². The molecule has 9 nitrogen and oxygen atoms in total. The maximum atomic E-state index is 15.2. The molecule has 1 amide bonds. The van der Waals surface area contributed by atoms with Crippen LogP contribution in [-0.2, 0) is 11.2 Å². The fourth-order valence-electron chi connectivity index (χ4n) is 4.74. The molecule has 0 aliphatic heterocycles. The number of imidazole rings is 1. The molecular weight excluding hydrogens is 509 g/mol. The van der Waals surface area contributed by atoms with Crippen LogP contribution >= 0.6 is 0 Å². The number of pyridine rings is 2. The van der Waals surface area contributed by atoms with Crippen LogP contribution in [0.3, 0.4) is 0 Å². The molecule has 0 fully saturated rings. The molecule has 5 aromatic heterocycles. The quantitative estimate of drug-likeness (QED) is 0.238. The van der Waals surface area contributed by atoms with Crippen molar-refractivity contribution < 1.29 is 13.6 Å². The lowest BCUT2D eigenvalue weighted by Gasteiger charge is -2.08. The van der Waals surface area contributed by atoms with Gasteiger partial charge in [-0.3, -0.25) is 19.9 Å². The number of nitrogens with one attached hydrogen (secondary N) is 3. The van der Waals surface area contributed by atoms with E-state index in [1.54, 1.807) is 37.2 Å². The fourth-order valence-corrected chi connectivity index (χ4v) is 4.74. The molecule has 194 valence electrons. The third-order valence-electron chi connectivity index (χ3n) is 6.61. The van der Waals surface area contributed by atoms with Gasteiger partial charge in [0.1, 0.15) is 22.4 Å². The molecule has 0 saturated heterocycles. The first-order valence-electron chi connectivity index (χ1n) is 12.5. The van der Waals surface area contributed by atoms with Gasteiger partial charge < -0.3 is 14.7 Å². The summed E-state index contributed by atoms with van der Waals surface area (Å²) >= 11 is 0. The first kappa shape index (κ1) is 23.5. The molecule has 7 rings (SSSR count). The van der Waals surface area contributed by atoms with Crippen LogP contribution in [0.25, 0.3) is 55.8 Å². The van der Waals surface area contributed by atoms with Crippen LogP contribution in [0.4, 0.5) is 10.1 Å². The summed E-state index contributed by atoms with van der Waals surface area (Å²) < 4.78 is 20.5. The number of nitrogens with zero attached hydrogens (tertiary/aromatic N) is 4. The van der Waals surface area contributed by atoms with Crippen molar-refractivity contribution in [2.75, 3.05) is 5.32 Å². The largest absolute Gasteiger partial charge is 0.472 e. The average Bonchev–Trinajstić information content (AvgIpc) is 3.73. The number of H-pyrrole nitrogens is 2. The molecular formula is C30H20FN7O2. The van der Waals surface area contributed by atoms with E-state index in [0.717, 1.165) is 16.6 Å². The summed E-state index contributed by atoms with van der Waals surface area (Å²) in [5.74, 6) is -0.171. The van der Waals surface area contributed by atoms with Crippen LogP contribution in [0.15, 0.2) is 96.2 Å². The lowest BCUT2D eigenvalue weighted by Crippen LogP contribution is -2.14. The van der Waals surface area contributed by atoms with Crippen LogP contribution in [0, 0.1) is 5.82 Å². The van der Waals surface area contributed by atoms with Gasteiger partial charge in [-0.15, -0.1) is 0 Å². The molecule has 40 heavy (non-hydrogen) atoms. The van der Waals surface area contributed by atoms with Gasteiger partial charge in [0.2, 0.25) is 5.91 Å². The summed E-state index contributed by atoms with van der Waals surface area (Å²) in [6, 6.07) is 18.1. The van der Waals surface area contributed by atoms with Crippen LogP contribution in [-0.4, -0.2) is 36.0 Å². The second-order valence-corrected chi connectivity index (χ2v) is 9.28. The molecule has 5 heterocycles. The summed E-state index contributed by atoms with van der Waals surface area (Å²) in [7, 11) is 0. The number of benzene rings is 2. The maximum Gasteiger partial charge on any atom is 0.228 e. The van der Waals surface area contributed by atoms with Gasteiger partial charge in [-0.05, 0) is 41.5 Å². The van der Waals surface area contributed by atoms with E-state index in [0.29, 0.717) is 44.9 Å². The zero-order valence-electron chi connectivity index (χ0n) is 20.9. The monoisotopic (exact) mass is 529 g/mol. The van der Waals surface area contributed by atoms with Gasteiger partial charge in [0.25, 0.3) is 0 Å². The lowest BCUT2D eigenvalue weighted by molar-refractivity contribution is -0.115. The number of halogens is 1. The van der Waals surface area contributed by atoms with Crippen molar-refractivity contribution in [2.24, 2.45) is 0 Å². The Balaban J connectivity index is 1.24. The van der Waals surface area contributed by atoms with Gasteiger partial charge in [-0.2, -0.15) is 5.10 Å². The van der Waals surface area contributed by atoms with Gasteiger partial charge in [-0.25, -0.2) is 9.37 Å². The molecule has 0 spiro atoms. The topological polar surface area (TPSA) is 125 Å². The van der Waals surface area contributed by atoms with Crippen molar-refractivity contribution in [1.29, 1.82) is 0 Å². The lowest BCUT2D eigenvalue weighted by atomic mass is 10.0. The third-order valence-corrected chi connectivity index (χ3v) is 6.61. The number of rotatable bonds is 6. The molecule has 0 aliphatic carbocycles. The van der Waals surface area contributed by atoms with E-state index in [2.05, 4.69) is 30.5 Å². The number of amides is 1. The number of aromatic nitrogens is 6. The van der Waals surface area contributed by atoms with Crippen molar-refractivity contribution >= 4 is 33.5 Å².